The third-order valence-electron chi connectivity index (χ3n) is 9.17. The molecule has 0 radical (unpaired) electrons. The summed E-state index contributed by atoms with van der Waals surface area (Å²) in [6.45, 7) is 0.695. The summed E-state index contributed by atoms with van der Waals surface area (Å²) in [6.07, 6.45) is -1.03. The maximum absolute atomic E-state index is 13.7. The molecule has 1 heterocycles. The van der Waals surface area contributed by atoms with E-state index >= 15 is 0 Å². The lowest BCUT2D eigenvalue weighted by Crippen LogP contribution is -2.35. The van der Waals surface area contributed by atoms with E-state index in [-0.39, 0.29) is 56.3 Å². The molecule has 0 saturated carbocycles. The average Bonchev–Trinajstić information content (AvgIpc) is 3.26. The summed E-state index contributed by atoms with van der Waals surface area (Å²) in [5, 5.41) is 21.0. The molecule has 0 bridgehead atoms. The Balaban J connectivity index is 1.01. The predicted octanol–water partition coefficient (Wildman–Crippen LogP) is 8.93. The van der Waals surface area contributed by atoms with Crippen molar-refractivity contribution < 1.29 is 53.0 Å². The molecule has 1 aliphatic rings. The van der Waals surface area contributed by atoms with E-state index in [9.17, 15) is 19.8 Å². The molecule has 6 aromatic rings. The van der Waals surface area contributed by atoms with Crippen LogP contribution in [0.15, 0.2) is 146 Å². The monoisotopic (exact) mass is 782 g/mol. The summed E-state index contributed by atoms with van der Waals surface area (Å²) in [5.74, 6) is -1.49. The van der Waals surface area contributed by atoms with Crippen LogP contribution in [0.5, 0.6) is 34.5 Å². The van der Waals surface area contributed by atoms with Crippen molar-refractivity contribution in [3.05, 3.63) is 179 Å². The van der Waals surface area contributed by atoms with Gasteiger partial charge in [0.2, 0.25) is 17.8 Å². The standard InChI is InChI=1S/C47H42O11/c48-39-23-36(24-40(49)44(39)55-29-34-17-9-3-10-18-34)46(50)57-38-21-22-43(54-31-38)58-47(51)37-25-41(52-27-32-13-5-1-6-14-32)45(56-30-35-19-11-4-12-20-35)42(26-37)53-28-33-15-7-2-8-16-33/h1-20,23-26,38,43,48-49H,21-22,27-31H2. The van der Waals surface area contributed by atoms with Crippen molar-refractivity contribution in [2.75, 3.05) is 6.61 Å². The molecule has 2 N–H and O–H groups in total. The molecule has 2 atom stereocenters. The second-order valence-corrected chi connectivity index (χ2v) is 13.5. The zero-order chi connectivity index (χ0) is 40.1. The number of phenolic OH excluding ortho intramolecular Hbond substituents is 2. The molecule has 0 aliphatic carbocycles. The highest BCUT2D eigenvalue weighted by molar-refractivity contribution is 5.92. The summed E-state index contributed by atoms with van der Waals surface area (Å²) in [5.41, 5.74) is 3.70. The van der Waals surface area contributed by atoms with E-state index in [2.05, 4.69) is 0 Å². The SMILES string of the molecule is O=C(OC1CCC(OC(=O)c2cc(OCc3ccccc3)c(OCc3ccccc3)c(OCc3ccccc3)c2)OC1)c1cc(O)c(OCc2ccccc2)c(O)c1. The van der Waals surface area contributed by atoms with E-state index in [1.165, 1.54) is 12.1 Å². The highest BCUT2D eigenvalue weighted by Crippen LogP contribution is 2.41. The summed E-state index contributed by atoms with van der Waals surface area (Å²) in [7, 11) is 0. The zero-order valence-electron chi connectivity index (χ0n) is 31.5. The van der Waals surface area contributed by atoms with Gasteiger partial charge in [0, 0.05) is 6.42 Å². The van der Waals surface area contributed by atoms with Crippen LogP contribution in [-0.4, -0.2) is 41.2 Å². The van der Waals surface area contributed by atoms with Gasteiger partial charge < -0.3 is 43.4 Å². The third kappa shape index (κ3) is 10.7. The van der Waals surface area contributed by atoms with Crippen molar-refractivity contribution in [2.45, 2.75) is 51.7 Å². The van der Waals surface area contributed by atoms with Crippen LogP contribution in [0.4, 0.5) is 0 Å². The van der Waals surface area contributed by atoms with Crippen molar-refractivity contribution in [3.8, 4) is 34.5 Å². The molecule has 2 unspecified atom stereocenters. The van der Waals surface area contributed by atoms with Crippen LogP contribution in [0.1, 0.15) is 55.8 Å². The topological polar surface area (TPSA) is 139 Å². The van der Waals surface area contributed by atoms with Gasteiger partial charge >= 0.3 is 11.9 Å². The second-order valence-electron chi connectivity index (χ2n) is 13.5. The van der Waals surface area contributed by atoms with E-state index in [0.29, 0.717) is 23.7 Å². The van der Waals surface area contributed by atoms with Gasteiger partial charge in [0.15, 0.2) is 23.0 Å². The predicted molar refractivity (Wildman–Crippen MR) is 213 cm³/mol. The Morgan fingerprint density at radius 2 is 0.897 bits per heavy atom. The average molecular weight is 783 g/mol. The number of aromatic hydroxyl groups is 2. The van der Waals surface area contributed by atoms with Crippen molar-refractivity contribution >= 4 is 11.9 Å². The molecule has 11 nitrogen and oxygen atoms in total. The summed E-state index contributed by atoms with van der Waals surface area (Å²) >= 11 is 0. The van der Waals surface area contributed by atoms with E-state index in [1.54, 1.807) is 12.1 Å². The minimum absolute atomic E-state index is 0.0525. The number of rotatable bonds is 16. The van der Waals surface area contributed by atoms with Crippen molar-refractivity contribution in [1.82, 2.24) is 0 Å². The smallest absolute Gasteiger partial charge is 0.340 e. The first-order chi connectivity index (χ1) is 28.4. The molecule has 7 rings (SSSR count). The lowest BCUT2D eigenvalue weighted by molar-refractivity contribution is -0.160. The van der Waals surface area contributed by atoms with Gasteiger partial charge in [-0.15, -0.1) is 0 Å². The molecule has 0 spiro atoms. The number of hydrogen-bond acceptors (Lipinski definition) is 11. The van der Waals surface area contributed by atoms with Crippen LogP contribution in [0, 0.1) is 0 Å². The van der Waals surface area contributed by atoms with E-state index in [1.807, 2.05) is 121 Å². The van der Waals surface area contributed by atoms with Gasteiger partial charge in [-0.3, -0.25) is 0 Å². The Hall–Kier alpha value is -6.98. The molecule has 296 valence electrons. The van der Waals surface area contributed by atoms with Gasteiger partial charge in [0.25, 0.3) is 0 Å². The van der Waals surface area contributed by atoms with Gasteiger partial charge in [-0.05, 0) is 52.9 Å². The Labute approximate surface area is 335 Å². The molecule has 1 fully saturated rings. The fraction of sp³-hybridized carbons (Fsp3) is 0.191. The first kappa shape index (κ1) is 39.3. The maximum Gasteiger partial charge on any atom is 0.340 e. The van der Waals surface area contributed by atoms with Crippen LogP contribution < -0.4 is 18.9 Å². The highest BCUT2D eigenvalue weighted by Gasteiger charge is 2.29. The Morgan fingerprint density at radius 1 is 0.500 bits per heavy atom. The third-order valence-corrected chi connectivity index (χ3v) is 9.17. The number of carbonyl (C=O) groups is 2. The van der Waals surface area contributed by atoms with Crippen LogP contribution in [0.3, 0.4) is 0 Å². The maximum atomic E-state index is 13.7. The molecule has 11 heteroatoms. The molecular formula is C47H42O11. The van der Waals surface area contributed by atoms with Crippen molar-refractivity contribution in [2.24, 2.45) is 0 Å². The van der Waals surface area contributed by atoms with Gasteiger partial charge in [0.05, 0.1) is 17.7 Å². The summed E-state index contributed by atoms with van der Waals surface area (Å²) < 4.78 is 41.7. The largest absolute Gasteiger partial charge is 0.504 e. The number of ether oxygens (including phenoxy) is 7. The number of carbonyl (C=O) groups excluding carboxylic acids is 2. The van der Waals surface area contributed by atoms with Gasteiger partial charge in [-0.2, -0.15) is 0 Å². The summed E-state index contributed by atoms with van der Waals surface area (Å²) in [4.78, 5) is 26.7. The quantitative estimate of drug-likeness (QED) is 0.0910. The minimum atomic E-state index is -0.923. The molecule has 6 aromatic carbocycles. The molecule has 1 aliphatic heterocycles. The van der Waals surface area contributed by atoms with Crippen LogP contribution in [0.2, 0.25) is 0 Å². The van der Waals surface area contributed by atoms with Crippen molar-refractivity contribution in [3.63, 3.8) is 0 Å². The zero-order valence-corrected chi connectivity index (χ0v) is 31.5. The highest BCUT2D eigenvalue weighted by atomic mass is 16.7. The normalized spacial score (nSPS) is 14.8. The number of esters is 2. The lowest BCUT2D eigenvalue weighted by Gasteiger charge is -2.28. The lowest BCUT2D eigenvalue weighted by atomic mass is 10.1. The second kappa shape index (κ2) is 19.2. The number of phenols is 2. The van der Waals surface area contributed by atoms with Gasteiger partial charge in [-0.25, -0.2) is 9.59 Å². The van der Waals surface area contributed by atoms with E-state index < -0.39 is 35.8 Å². The van der Waals surface area contributed by atoms with E-state index in [0.717, 1.165) is 22.3 Å². The fourth-order valence-electron chi connectivity index (χ4n) is 6.14. The van der Waals surface area contributed by atoms with E-state index in [4.69, 9.17) is 33.2 Å². The summed E-state index contributed by atoms with van der Waals surface area (Å²) in [6, 6.07) is 43.7. The van der Waals surface area contributed by atoms with Gasteiger partial charge in [0.1, 0.15) is 32.5 Å². The first-order valence-corrected chi connectivity index (χ1v) is 18.8. The minimum Gasteiger partial charge on any atom is -0.504 e. The molecular weight excluding hydrogens is 741 g/mol. The van der Waals surface area contributed by atoms with Crippen LogP contribution in [0.25, 0.3) is 0 Å². The molecule has 1 saturated heterocycles. The Kier molecular flexibility index (Phi) is 13.0. The number of hydrogen-bond donors (Lipinski definition) is 2. The molecule has 0 amide bonds. The van der Waals surface area contributed by atoms with Crippen LogP contribution >= 0.6 is 0 Å². The fourth-order valence-corrected chi connectivity index (χ4v) is 6.14. The van der Waals surface area contributed by atoms with Gasteiger partial charge in [-0.1, -0.05) is 121 Å². The Morgan fingerprint density at radius 3 is 1.33 bits per heavy atom. The number of benzene rings is 6. The first-order valence-electron chi connectivity index (χ1n) is 18.8. The van der Waals surface area contributed by atoms with Crippen molar-refractivity contribution in [1.29, 1.82) is 0 Å². The molecule has 0 aromatic heterocycles. The van der Waals surface area contributed by atoms with Crippen LogP contribution in [-0.2, 0) is 40.6 Å². The Bertz CT molecular complexity index is 2170. The molecule has 58 heavy (non-hydrogen) atoms.